The fraction of sp³-hybridized carbons (Fsp3) is 0.667. The monoisotopic (exact) mass is 225 g/mol. The number of aliphatic hydroxyl groups excluding tert-OH is 1. The first-order chi connectivity index (χ1) is 7.38. The van der Waals surface area contributed by atoms with Crippen molar-refractivity contribution in [3.63, 3.8) is 0 Å². The smallest absolute Gasteiger partial charge is 0.330 e. The molecule has 1 N–H and O–H groups in total. The van der Waals surface area contributed by atoms with Gasteiger partial charge in [-0.25, -0.2) is 4.79 Å². The fourth-order valence-corrected chi connectivity index (χ4v) is 1.18. The summed E-state index contributed by atoms with van der Waals surface area (Å²) in [4.78, 5) is 38.4. The number of hydrogen-bond donors (Lipinski definition) is 1. The summed E-state index contributed by atoms with van der Waals surface area (Å²) in [5.74, 6) is -2.03. The Labute approximate surface area is 93.9 Å². The summed E-state index contributed by atoms with van der Waals surface area (Å²) >= 11 is 0. The van der Waals surface area contributed by atoms with Crippen LogP contribution in [-0.4, -0.2) is 42.4 Å². The second kappa shape index (κ2) is 4.65. The van der Waals surface area contributed by atoms with Gasteiger partial charge in [-0.2, -0.15) is 0 Å². The van der Waals surface area contributed by atoms with E-state index in [4.69, 9.17) is 13.0 Å². The number of aliphatic hydroxyl groups is 1. The fourth-order valence-electron chi connectivity index (χ4n) is 1.18. The predicted octanol–water partition coefficient (Wildman–Crippen LogP) is -0.677. The number of hydrogen-bond acceptors (Lipinski definition) is 5. The van der Waals surface area contributed by atoms with E-state index in [1.165, 1.54) is 6.92 Å². The van der Waals surface area contributed by atoms with E-state index in [0.717, 1.165) is 0 Å². The summed E-state index contributed by atoms with van der Waals surface area (Å²) in [6.45, 7) is 1.07. The first-order valence-corrected chi connectivity index (χ1v) is 4.86. The third-order valence-electron chi connectivity index (χ3n) is 2.28. The van der Waals surface area contributed by atoms with Gasteiger partial charge < -0.3 is 9.94 Å². The van der Waals surface area contributed by atoms with Crippen molar-refractivity contribution in [3.05, 3.63) is 0 Å². The number of imide groups is 1. The Kier molecular flexibility index (Phi) is 3.69. The van der Waals surface area contributed by atoms with Gasteiger partial charge in [0.1, 0.15) is 0 Å². The topological polar surface area (TPSA) is 83.9 Å². The van der Waals surface area contributed by atoms with Crippen molar-refractivity contribution < 1.29 is 24.3 Å². The van der Waals surface area contributed by atoms with Gasteiger partial charge in [0.2, 0.25) is 0 Å². The molecule has 1 saturated heterocycles. The minimum atomic E-state index is -1.42. The normalized spacial score (nSPS) is 19.8. The minimum Gasteiger partial charge on any atom is -0.396 e. The van der Waals surface area contributed by atoms with Crippen LogP contribution in [0.2, 0.25) is 5.31 Å². The van der Waals surface area contributed by atoms with Gasteiger partial charge in [0.05, 0.1) is 7.85 Å². The molecule has 1 fully saturated rings. The summed E-state index contributed by atoms with van der Waals surface area (Å²) in [6, 6.07) is 0. The van der Waals surface area contributed by atoms with E-state index in [2.05, 4.69) is 4.84 Å². The van der Waals surface area contributed by atoms with Crippen LogP contribution in [0.1, 0.15) is 26.2 Å². The van der Waals surface area contributed by atoms with E-state index >= 15 is 0 Å². The Hall–Kier alpha value is -1.37. The molecule has 0 aromatic rings. The molecular weight excluding hydrogens is 213 g/mol. The van der Waals surface area contributed by atoms with Crippen LogP contribution in [0.4, 0.5) is 0 Å². The summed E-state index contributed by atoms with van der Waals surface area (Å²) in [7, 11) is 5.56. The molecule has 6 nitrogen and oxygen atoms in total. The lowest BCUT2D eigenvalue weighted by Crippen LogP contribution is -2.36. The maximum atomic E-state index is 11.5. The van der Waals surface area contributed by atoms with Gasteiger partial charge >= 0.3 is 5.97 Å². The van der Waals surface area contributed by atoms with Gasteiger partial charge in [-0.1, -0.05) is 6.92 Å². The van der Waals surface area contributed by atoms with Gasteiger partial charge in [-0.3, -0.25) is 9.59 Å². The number of carbonyl (C=O) groups excluding carboxylic acids is 3. The Bertz CT molecular complexity index is 312. The van der Waals surface area contributed by atoms with Crippen molar-refractivity contribution in [2.75, 3.05) is 6.61 Å². The third kappa shape index (κ3) is 2.60. The standard InChI is InChI=1S/C9H12BNO5/c1-9(10,4-5-12)8(15)16-11-6(13)2-3-7(11)14/h12H,2-5H2,1H3. The van der Waals surface area contributed by atoms with E-state index in [-0.39, 0.29) is 25.9 Å². The molecule has 1 aliphatic rings. The molecule has 1 rings (SSSR count). The zero-order valence-corrected chi connectivity index (χ0v) is 8.93. The average molecular weight is 225 g/mol. The van der Waals surface area contributed by atoms with Crippen molar-refractivity contribution in [1.82, 2.24) is 5.06 Å². The predicted molar refractivity (Wildman–Crippen MR) is 53.0 cm³/mol. The Morgan fingerprint density at radius 2 is 2.00 bits per heavy atom. The third-order valence-corrected chi connectivity index (χ3v) is 2.28. The molecule has 7 heteroatoms. The number of amides is 2. The van der Waals surface area contributed by atoms with E-state index in [1.54, 1.807) is 0 Å². The number of hydroxylamine groups is 2. The zero-order valence-electron chi connectivity index (χ0n) is 8.93. The van der Waals surface area contributed by atoms with E-state index in [0.29, 0.717) is 5.06 Å². The summed E-state index contributed by atoms with van der Waals surface area (Å²) in [5, 5.41) is 7.70. The highest BCUT2D eigenvalue weighted by molar-refractivity contribution is 6.26. The first kappa shape index (κ1) is 12.7. The van der Waals surface area contributed by atoms with Crippen molar-refractivity contribution in [2.45, 2.75) is 31.5 Å². The highest BCUT2D eigenvalue weighted by atomic mass is 16.7. The highest BCUT2D eigenvalue weighted by Crippen LogP contribution is 2.28. The van der Waals surface area contributed by atoms with Crippen molar-refractivity contribution in [1.29, 1.82) is 0 Å². The number of rotatable bonds is 4. The Morgan fingerprint density at radius 3 is 2.44 bits per heavy atom. The molecule has 86 valence electrons. The lowest BCUT2D eigenvalue weighted by atomic mass is 9.68. The van der Waals surface area contributed by atoms with E-state index < -0.39 is 23.1 Å². The highest BCUT2D eigenvalue weighted by Gasteiger charge is 2.37. The van der Waals surface area contributed by atoms with Crippen LogP contribution < -0.4 is 0 Å². The van der Waals surface area contributed by atoms with Crippen molar-refractivity contribution in [2.24, 2.45) is 0 Å². The Morgan fingerprint density at radius 1 is 1.50 bits per heavy atom. The van der Waals surface area contributed by atoms with Crippen LogP contribution >= 0.6 is 0 Å². The quantitative estimate of drug-likeness (QED) is 0.506. The molecule has 1 aliphatic heterocycles. The van der Waals surface area contributed by atoms with Crippen LogP contribution in [0, 0.1) is 0 Å². The largest absolute Gasteiger partial charge is 0.396 e. The van der Waals surface area contributed by atoms with Crippen LogP contribution in [0.5, 0.6) is 0 Å². The van der Waals surface area contributed by atoms with Gasteiger partial charge in [0.25, 0.3) is 11.8 Å². The van der Waals surface area contributed by atoms with Gasteiger partial charge in [-0.05, 0) is 6.42 Å². The van der Waals surface area contributed by atoms with Gasteiger partial charge in [0.15, 0.2) is 0 Å². The molecule has 1 unspecified atom stereocenters. The summed E-state index contributed by atoms with van der Waals surface area (Å²) in [5.41, 5.74) is 0. The average Bonchev–Trinajstić information content (AvgIpc) is 2.49. The SMILES string of the molecule is [B]C(C)(CCO)C(=O)ON1C(=O)CCC1=O. The Balaban J connectivity index is 2.63. The van der Waals surface area contributed by atoms with Gasteiger partial charge in [-0.15, -0.1) is 5.06 Å². The van der Waals surface area contributed by atoms with E-state index in [9.17, 15) is 14.4 Å². The van der Waals surface area contributed by atoms with Crippen molar-refractivity contribution in [3.8, 4) is 0 Å². The minimum absolute atomic E-state index is 0.0119. The second-order valence-electron chi connectivity index (χ2n) is 3.85. The summed E-state index contributed by atoms with van der Waals surface area (Å²) < 4.78 is 0. The van der Waals surface area contributed by atoms with Crippen molar-refractivity contribution >= 4 is 25.6 Å². The maximum Gasteiger partial charge on any atom is 0.330 e. The molecule has 16 heavy (non-hydrogen) atoms. The van der Waals surface area contributed by atoms with Gasteiger partial charge in [0, 0.05) is 24.8 Å². The van der Waals surface area contributed by atoms with Crippen LogP contribution in [-0.2, 0) is 19.2 Å². The molecular formula is C9H12BNO5. The van der Waals surface area contributed by atoms with Crippen LogP contribution in [0.25, 0.3) is 0 Å². The molecule has 0 aromatic carbocycles. The van der Waals surface area contributed by atoms with Crippen LogP contribution in [0.15, 0.2) is 0 Å². The molecule has 0 bridgehead atoms. The number of nitrogens with zero attached hydrogens (tertiary/aromatic N) is 1. The summed E-state index contributed by atoms with van der Waals surface area (Å²) in [6.07, 6.45) is 0.0584. The van der Waals surface area contributed by atoms with E-state index in [1.807, 2.05) is 0 Å². The molecule has 1 atom stereocenters. The maximum absolute atomic E-state index is 11.5. The molecule has 0 spiro atoms. The molecule has 2 radical (unpaired) electrons. The molecule has 0 aromatic heterocycles. The lowest BCUT2D eigenvalue weighted by molar-refractivity contribution is -0.199. The van der Waals surface area contributed by atoms with Crippen LogP contribution in [0.3, 0.4) is 0 Å². The first-order valence-electron chi connectivity index (χ1n) is 4.86. The molecule has 0 saturated carbocycles. The zero-order chi connectivity index (χ0) is 12.3. The lowest BCUT2D eigenvalue weighted by Gasteiger charge is -2.23. The number of carbonyl (C=O) groups is 3. The molecule has 2 amide bonds. The molecule has 1 heterocycles. The molecule has 0 aliphatic carbocycles. The second-order valence-corrected chi connectivity index (χ2v) is 3.85.